The monoisotopic (exact) mass is 322 g/mol. The van der Waals surface area contributed by atoms with E-state index in [4.69, 9.17) is 0 Å². The molecule has 19 heavy (non-hydrogen) atoms. The Labute approximate surface area is 122 Å². The minimum absolute atomic E-state index is 0.283. The number of halogens is 1. The SMILES string of the molecule is CC(NCc1ncnn1C(C)C)c1ccc(Br)cc1. The van der Waals surface area contributed by atoms with Crippen molar-refractivity contribution in [1.82, 2.24) is 20.1 Å². The summed E-state index contributed by atoms with van der Waals surface area (Å²) in [5.74, 6) is 0.971. The summed E-state index contributed by atoms with van der Waals surface area (Å²) in [6.07, 6.45) is 1.61. The Hall–Kier alpha value is -1.20. The van der Waals surface area contributed by atoms with Crippen molar-refractivity contribution in [3.63, 3.8) is 0 Å². The van der Waals surface area contributed by atoms with Crippen LogP contribution in [-0.4, -0.2) is 14.8 Å². The molecule has 0 saturated carbocycles. The van der Waals surface area contributed by atoms with Crippen LogP contribution in [0, 0.1) is 0 Å². The van der Waals surface area contributed by atoms with E-state index in [1.165, 1.54) is 5.56 Å². The molecule has 1 heterocycles. The zero-order valence-electron chi connectivity index (χ0n) is 11.5. The van der Waals surface area contributed by atoms with Crippen LogP contribution in [-0.2, 0) is 6.54 Å². The fraction of sp³-hybridized carbons (Fsp3) is 0.429. The number of benzene rings is 1. The highest BCUT2D eigenvalue weighted by molar-refractivity contribution is 9.10. The first kappa shape index (κ1) is 14.2. The number of hydrogen-bond donors (Lipinski definition) is 1. The lowest BCUT2D eigenvalue weighted by Gasteiger charge is -2.15. The van der Waals surface area contributed by atoms with Gasteiger partial charge < -0.3 is 5.32 Å². The summed E-state index contributed by atoms with van der Waals surface area (Å²) in [4.78, 5) is 4.30. The first-order valence-corrected chi connectivity index (χ1v) is 7.24. The van der Waals surface area contributed by atoms with Gasteiger partial charge in [0, 0.05) is 16.6 Å². The van der Waals surface area contributed by atoms with E-state index in [2.05, 4.69) is 76.4 Å². The van der Waals surface area contributed by atoms with Crippen molar-refractivity contribution in [2.75, 3.05) is 0 Å². The number of aromatic nitrogens is 3. The van der Waals surface area contributed by atoms with Gasteiger partial charge in [0.15, 0.2) is 0 Å². The zero-order valence-corrected chi connectivity index (χ0v) is 13.1. The topological polar surface area (TPSA) is 42.7 Å². The van der Waals surface area contributed by atoms with Crippen LogP contribution in [0.25, 0.3) is 0 Å². The summed E-state index contributed by atoms with van der Waals surface area (Å²) in [5.41, 5.74) is 1.26. The Balaban J connectivity index is 1.98. The largest absolute Gasteiger partial charge is 0.303 e. The Morgan fingerprint density at radius 2 is 1.89 bits per heavy atom. The molecule has 2 aromatic rings. The zero-order chi connectivity index (χ0) is 13.8. The number of hydrogen-bond acceptors (Lipinski definition) is 3. The fourth-order valence-corrected chi connectivity index (χ4v) is 2.21. The standard InChI is InChI=1S/C14H19BrN4/c1-10(2)19-14(17-9-18-19)8-16-11(3)12-4-6-13(15)7-5-12/h4-7,9-11,16H,8H2,1-3H3. The van der Waals surface area contributed by atoms with E-state index in [0.717, 1.165) is 16.8 Å². The quantitative estimate of drug-likeness (QED) is 0.916. The van der Waals surface area contributed by atoms with Crippen molar-refractivity contribution in [2.24, 2.45) is 0 Å². The number of nitrogens with zero attached hydrogens (tertiary/aromatic N) is 3. The molecule has 0 saturated heterocycles. The molecular weight excluding hydrogens is 304 g/mol. The van der Waals surface area contributed by atoms with E-state index < -0.39 is 0 Å². The first-order valence-electron chi connectivity index (χ1n) is 6.45. The molecule has 102 valence electrons. The van der Waals surface area contributed by atoms with Crippen molar-refractivity contribution >= 4 is 15.9 Å². The van der Waals surface area contributed by atoms with Crippen LogP contribution in [0.2, 0.25) is 0 Å². The van der Waals surface area contributed by atoms with Crippen LogP contribution in [0.4, 0.5) is 0 Å². The molecule has 4 nitrogen and oxygen atoms in total. The van der Waals surface area contributed by atoms with Gasteiger partial charge in [0.25, 0.3) is 0 Å². The van der Waals surface area contributed by atoms with Crippen molar-refractivity contribution in [3.8, 4) is 0 Å². The summed E-state index contributed by atoms with van der Waals surface area (Å²) in [6.45, 7) is 7.08. The smallest absolute Gasteiger partial charge is 0.141 e. The summed E-state index contributed by atoms with van der Waals surface area (Å²) < 4.78 is 3.05. The van der Waals surface area contributed by atoms with Gasteiger partial charge in [0.2, 0.25) is 0 Å². The van der Waals surface area contributed by atoms with Crippen LogP contribution in [0.15, 0.2) is 35.1 Å². The third kappa shape index (κ3) is 3.64. The lowest BCUT2D eigenvalue weighted by molar-refractivity contribution is 0.473. The second-order valence-electron chi connectivity index (χ2n) is 4.87. The van der Waals surface area contributed by atoms with Crippen molar-refractivity contribution in [1.29, 1.82) is 0 Å². The molecule has 1 aromatic carbocycles. The van der Waals surface area contributed by atoms with Gasteiger partial charge in [-0.25, -0.2) is 9.67 Å². The Morgan fingerprint density at radius 3 is 2.53 bits per heavy atom. The normalized spacial score (nSPS) is 12.9. The Kier molecular flexibility index (Phi) is 4.71. The van der Waals surface area contributed by atoms with Crippen molar-refractivity contribution in [2.45, 2.75) is 39.4 Å². The lowest BCUT2D eigenvalue weighted by atomic mass is 10.1. The molecular formula is C14H19BrN4. The number of nitrogens with one attached hydrogen (secondary N) is 1. The van der Waals surface area contributed by atoms with Crippen LogP contribution in [0.5, 0.6) is 0 Å². The molecule has 5 heteroatoms. The molecule has 0 aliphatic carbocycles. The molecule has 1 atom stereocenters. The van der Waals surface area contributed by atoms with Crippen molar-refractivity contribution < 1.29 is 0 Å². The molecule has 1 N–H and O–H groups in total. The minimum Gasteiger partial charge on any atom is -0.303 e. The van der Waals surface area contributed by atoms with Gasteiger partial charge in [-0.15, -0.1) is 0 Å². The Morgan fingerprint density at radius 1 is 1.21 bits per heavy atom. The second kappa shape index (κ2) is 6.30. The van der Waals surface area contributed by atoms with Crippen LogP contribution in [0.1, 0.15) is 44.2 Å². The lowest BCUT2D eigenvalue weighted by Crippen LogP contribution is -2.21. The molecule has 0 radical (unpaired) electrons. The molecule has 1 unspecified atom stereocenters. The third-order valence-corrected chi connectivity index (χ3v) is 3.60. The van der Waals surface area contributed by atoms with Crippen molar-refractivity contribution in [3.05, 3.63) is 46.5 Å². The molecule has 0 spiro atoms. The molecule has 0 aliphatic rings. The van der Waals surface area contributed by atoms with Crippen LogP contribution >= 0.6 is 15.9 Å². The maximum absolute atomic E-state index is 4.30. The van der Waals surface area contributed by atoms with E-state index in [9.17, 15) is 0 Å². The summed E-state index contributed by atoms with van der Waals surface area (Å²) in [5, 5.41) is 7.71. The second-order valence-corrected chi connectivity index (χ2v) is 5.78. The van der Waals surface area contributed by atoms with Gasteiger partial charge in [-0.1, -0.05) is 28.1 Å². The van der Waals surface area contributed by atoms with Gasteiger partial charge >= 0.3 is 0 Å². The first-order chi connectivity index (χ1) is 9.08. The van der Waals surface area contributed by atoms with E-state index in [-0.39, 0.29) is 6.04 Å². The number of rotatable bonds is 5. The summed E-state index contributed by atoms with van der Waals surface area (Å²) >= 11 is 3.45. The predicted molar refractivity (Wildman–Crippen MR) is 79.8 cm³/mol. The molecule has 2 rings (SSSR count). The highest BCUT2D eigenvalue weighted by Crippen LogP contribution is 2.17. The van der Waals surface area contributed by atoms with Gasteiger partial charge in [0.05, 0.1) is 6.54 Å². The van der Waals surface area contributed by atoms with Gasteiger partial charge in [0.1, 0.15) is 12.2 Å². The summed E-state index contributed by atoms with van der Waals surface area (Å²) in [7, 11) is 0. The van der Waals surface area contributed by atoms with Gasteiger partial charge in [-0.2, -0.15) is 5.10 Å². The average Bonchev–Trinajstić information content (AvgIpc) is 2.85. The highest BCUT2D eigenvalue weighted by Gasteiger charge is 2.10. The van der Waals surface area contributed by atoms with E-state index >= 15 is 0 Å². The maximum atomic E-state index is 4.30. The molecule has 1 aromatic heterocycles. The Bertz CT molecular complexity index is 518. The fourth-order valence-electron chi connectivity index (χ4n) is 1.95. The molecule has 0 aliphatic heterocycles. The van der Waals surface area contributed by atoms with Crippen LogP contribution < -0.4 is 5.32 Å². The van der Waals surface area contributed by atoms with E-state index in [1.807, 2.05) is 4.68 Å². The maximum Gasteiger partial charge on any atom is 0.141 e. The molecule has 0 fully saturated rings. The summed E-state index contributed by atoms with van der Waals surface area (Å²) in [6, 6.07) is 8.98. The highest BCUT2D eigenvalue weighted by atomic mass is 79.9. The van der Waals surface area contributed by atoms with Gasteiger partial charge in [-0.05, 0) is 38.5 Å². The minimum atomic E-state index is 0.283. The molecule has 0 amide bonds. The predicted octanol–water partition coefficient (Wildman–Crippen LogP) is 3.47. The third-order valence-electron chi connectivity index (χ3n) is 3.07. The van der Waals surface area contributed by atoms with E-state index in [1.54, 1.807) is 6.33 Å². The van der Waals surface area contributed by atoms with Crippen LogP contribution in [0.3, 0.4) is 0 Å². The average molecular weight is 323 g/mol. The van der Waals surface area contributed by atoms with Gasteiger partial charge in [-0.3, -0.25) is 0 Å². The molecule has 0 bridgehead atoms. The van der Waals surface area contributed by atoms with E-state index in [0.29, 0.717) is 6.04 Å².